The van der Waals surface area contributed by atoms with Gasteiger partial charge in [-0.25, -0.2) is 0 Å². The van der Waals surface area contributed by atoms with E-state index in [9.17, 15) is 13.2 Å². The van der Waals surface area contributed by atoms with Gasteiger partial charge in [0.15, 0.2) is 5.60 Å². The molecule has 72 valence electrons. The molecule has 2 atom stereocenters. The zero-order valence-corrected chi connectivity index (χ0v) is 6.94. The number of hydrogen-bond acceptors (Lipinski definition) is 2. The summed E-state index contributed by atoms with van der Waals surface area (Å²) in [7, 11) is 0. The summed E-state index contributed by atoms with van der Waals surface area (Å²) in [6.45, 7) is 2.37. The van der Waals surface area contributed by atoms with E-state index in [1.807, 2.05) is 0 Å². The monoisotopic (exact) mass is 184 g/mol. The quantitative estimate of drug-likeness (QED) is 0.573. The Morgan fingerprint density at radius 1 is 1.42 bits per heavy atom. The fraction of sp³-hybridized carbons (Fsp3) is 1.00. The van der Waals surface area contributed by atoms with E-state index in [1.54, 1.807) is 6.92 Å². The molecule has 1 rings (SSSR count). The minimum Gasteiger partial charge on any atom is -0.352 e. The van der Waals surface area contributed by atoms with Crippen LogP contribution in [0.1, 0.15) is 20.3 Å². The molecule has 1 heterocycles. The molecule has 1 aliphatic rings. The van der Waals surface area contributed by atoms with Gasteiger partial charge in [0.25, 0.3) is 0 Å². The van der Waals surface area contributed by atoms with E-state index >= 15 is 0 Å². The lowest BCUT2D eigenvalue weighted by Crippen LogP contribution is -2.50. The number of ether oxygens (including phenoxy) is 2. The van der Waals surface area contributed by atoms with Crippen molar-refractivity contribution in [3.8, 4) is 0 Å². The predicted molar refractivity (Wildman–Crippen MR) is 35.6 cm³/mol. The first-order valence-corrected chi connectivity index (χ1v) is 3.67. The summed E-state index contributed by atoms with van der Waals surface area (Å²) in [5.41, 5.74) is -2.04. The van der Waals surface area contributed by atoms with Gasteiger partial charge in [-0.15, -0.1) is 0 Å². The van der Waals surface area contributed by atoms with Gasteiger partial charge < -0.3 is 9.47 Å². The van der Waals surface area contributed by atoms with Crippen LogP contribution in [0.3, 0.4) is 0 Å². The summed E-state index contributed by atoms with van der Waals surface area (Å²) < 4.78 is 46.4. The fourth-order valence-corrected chi connectivity index (χ4v) is 1.14. The molecule has 1 saturated heterocycles. The van der Waals surface area contributed by atoms with E-state index in [1.165, 1.54) is 0 Å². The van der Waals surface area contributed by atoms with Crippen LogP contribution in [0, 0.1) is 0 Å². The van der Waals surface area contributed by atoms with E-state index in [4.69, 9.17) is 4.74 Å². The highest BCUT2D eigenvalue weighted by Crippen LogP contribution is 2.39. The molecule has 5 heteroatoms. The summed E-state index contributed by atoms with van der Waals surface area (Å²) in [4.78, 5) is 0. The summed E-state index contributed by atoms with van der Waals surface area (Å²) >= 11 is 0. The van der Waals surface area contributed by atoms with E-state index in [0.29, 0.717) is 0 Å². The Bertz CT molecular complexity index is 169. The van der Waals surface area contributed by atoms with Crippen LogP contribution in [0.4, 0.5) is 13.2 Å². The topological polar surface area (TPSA) is 18.5 Å². The Morgan fingerprint density at radius 3 is 2.33 bits per heavy atom. The second-order valence-corrected chi connectivity index (χ2v) is 3.17. The van der Waals surface area contributed by atoms with Crippen molar-refractivity contribution >= 4 is 0 Å². The van der Waals surface area contributed by atoms with Crippen LogP contribution in [-0.2, 0) is 9.47 Å². The summed E-state index contributed by atoms with van der Waals surface area (Å²) in [5, 5.41) is 0. The van der Waals surface area contributed by atoms with Gasteiger partial charge in [-0.05, 0) is 13.8 Å². The van der Waals surface area contributed by atoms with Crippen molar-refractivity contribution in [2.24, 2.45) is 0 Å². The van der Waals surface area contributed by atoms with Crippen LogP contribution in [0.2, 0.25) is 0 Å². The molecule has 0 aromatic heterocycles. The van der Waals surface area contributed by atoms with Crippen molar-refractivity contribution in [2.75, 3.05) is 6.79 Å². The van der Waals surface area contributed by atoms with Gasteiger partial charge in [0.05, 0.1) is 6.10 Å². The zero-order chi connectivity index (χ0) is 9.41. The predicted octanol–water partition coefficient (Wildman–Crippen LogP) is 2.09. The number of hydrogen-bond donors (Lipinski definition) is 0. The van der Waals surface area contributed by atoms with Gasteiger partial charge in [0.2, 0.25) is 0 Å². The lowest BCUT2D eigenvalue weighted by molar-refractivity contribution is -0.328. The smallest absolute Gasteiger partial charge is 0.352 e. The number of rotatable bonds is 0. The highest BCUT2D eigenvalue weighted by molar-refractivity contribution is 4.87. The molecule has 0 N–H and O–H groups in total. The molecule has 0 radical (unpaired) electrons. The van der Waals surface area contributed by atoms with Crippen LogP contribution in [0.5, 0.6) is 0 Å². The van der Waals surface area contributed by atoms with E-state index in [0.717, 1.165) is 6.92 Å². The first-order valence-electron chi connectivity index (χ1n) is 3.67. The molecule has 0 saturated carbocycles. The third kappa shape index (κ3) is 1.72. The van der Waals surface area contributed by atoms with E-state index in [2.05, 4.69) is 4.74 Å². The second-order valence-electron chi connectivity index (χ2n) is 3.17. The molecule has 0 aromatic rings. The Labute approximate surface area is 68.6 Å². The summed E-state index contributed by atoms with van der Waals surface area (Å²) in [6, 6.07) is 0. The first-order chi connectivity index (χ1) is 5.35. The second kappa shape index (κ2) is 2.88. The molecule has 0 spiro atoms. The van der Waals surface area contributed by atoms with Crippen molar-refractivity contribution in [1.82, 2.24) is 0 Å². The number of alkyl halides is 3. The van der Waals surface area contributed by atoms with Crippen LogP contribution in [0.25, 0.3) is 0 Å². The van der Waals surface area contributed by atoms with E-state index < -0.39 is 17.9 Å². The van der Waals surface area contributed by atoms with Gasteiger partial charge >= 0.3 is 6.18 Å². The maximum atomic E-state index is 12.3. The average molecular weight is 184 g/mol. The van der Waals surface area contributed by atoms with Gasteiger partial charge in [-0.3, -0.25) is 0 Å². The van der Waals surface area contributed by atoms with Crippen LogP contribution < -0.4 is 0 Å². The number of halogens is 3. The maximum Gasteiger partial charge on any atom is 0.417 e. The molecular formula is C7H11F3O2. The lowest BCUT2D eigenvalue weighted by atomic mass is 9.97. The molecule has 12 heavy (non-hydrogen) atoms. The molecule has 2 nitrogen and oxygen atoms in total. The zero-order valence-electron chi connectivity index (χ0n) is 6.94. The molecule has 1 aliphatic heterocycles. The minimum absolute atomic E-state index is 0.142. The van der Waals surface area contributed by atoms with Gasteiger partial charge in [-0.1, -0.05) is 0 Å². The fourth-order valence-electron chi connectivity index (χ4n) is 1.14. The minimum atomic E-state index is -4.31. The Kier molecular flexibility index (Phi) is 2.35. The standard InChI is InChI=1S/C7H11F3O2/c1-5-3-6(2,7(8,9)10)12-4-11-5/h5H,3-4H2,1-2H3/t5-,6?/m1/s1. The highest BCUT2D eigenvalue weighted by atomic mass is 19.4. The van der Waals surface area contributed by atoms with Crippen molar-refractivity contribution in [2.45, 2.75) is 38.1 Å². The molecule has 0 aliphatic carbocycles. The molecular weight excluding hydrogens is 173 g/mol. The Balaban J connectivity index is 2.70. The molecule has 1 fully saturated rings. The van der Waals surface area contributed by atoms with Crippen molar-refractivity contribution < 1.29 is 22.6 Å². The lowest BCUT2D eigenvalue weighted by Gasteiger charge is -2.38. The molecule has 1 unspecified atom stereocenters. The Morgan fingerprint density at radius 2 is 2.00 bits per heavy atom. The molecule has 0 aromatic carbocycles. The van der Waals surface area contributed by atoms with Crippen LogP contribution >= 0.6 is 0 Å². The normalized spacial score (nSPS) is 38.2. The summed E-state index contributed by atoms with van der Waals surface area (Å²) in [5.74, 6) is 0. The molecule has 0 amide bonds. The van der Waals surface area contributed by atoms with Crippen LogP contribution in [0.15, 0.2) is 0 Å². The molecule has 0 bridgehead atoms. The highest BCUT2D eigenvalue weighted by Gasteiger charge is 2.54. The maximum absolute atomic E-state index is 12.3. The van der Waals surface area contributed by atoms with Gasteiger partial charge in [0, 0.05) is 6.42 Å². The van der Waals surface area contributed by atoms with Gasteiger partial charge in [0.1, 0.15) is 6.79 Å². The van der Waals surface area contributed by atoms with Crippen molar-refractivity contribution in [1.29, 1.82) is 0 Å². The third-order valence-electron chi connectivity index (χ3n) is 2.01. The van der Waals surface area contributed by atoms with Crippen molar-refractivity contribution in [3.63, 3.8) is 0 Å². The SMILES string of the molecule is C[C@@H]1CC(C)(C(F)(F)F)OCO1. The third-order valence-corrected chi connectivity index (χ3v) is 2.01. The van der Waals surface area contributed by atoms with Gasteiger partial charge in [-0.2, -0.15) is 13.2 Å². The van der Waals surface area contributed by atoms with Crippen LogP contribution in [-0.4, -0.2) is 24.7 Å². The largest absolute Gasteiger partial charge is 0.417 e. The summed E-state index contributed by atoms with van der Waals surface area (Å²) in [6.07, 6.45) is -4.85. The van der Waals surface area contributed by atoms with E-state index in [-0.39, 0.29) is 13.2 Å². The average Bonchev–Trinajstić information content (AvgIpc) is 1.83. The first kappa shape index (κ1) is 9.80. The van der Waals surface area contributed by atoms with Crippen molar-refractivity contribution in [3.05, 3.63) is 0 Å². The Hall–Kier alpha value is -0.290.